The molecule has 0 saturated carbocycles. The Morgan fingerprint density at radius 1 is 0.941 bits per heavy atom. The van der Waals surface area contributed by atoms with Crippen LogP contribution in [-0.2, 0) is 0 Å². The number of benzene rings is 2. The van der Waals surface area contributed by atoms with Crippen molar-refractivity contribution in [2.45, 2.75) is 12.3 Å². The average molecular weight is 243 g/mol. The van der Waals surface area contributed by atoms with E-state index in [9.17, 15) is 0 Å². The van der Waals surface area contributed by atoms with E-state index in [-0.39, 0.29) is 0 Å². The Morgan fingerprint density at radius 3 is 2.12 bits per heavy atom. The van der Waals surface area contributed by atoms with Gasteiger partial charge in [0.25, 0.3) is 0 Å². The van der Waals surface area contributed by atoms with Crippen molar-refractivity contribution in [3.05, 3.63) is 83.4 Å². The zero-order chi connectivity index (χ0) is 12.1. The second-order valence-electron chi connectivity index (χ2n) is 4.04. The Hall–Kier alpha value is -1.53. The lowest BCUT2D eigenvalue weighted by Crippen LogP contribution is -1.99. The molecule has 2 aromatic rings. The molecule has 0 N–H and O–H groups in total. The van der Waals surface area contributed by atoms with E-state index in [4.69, 9.17) is 11.6 Å². The molecule has 2 aromatic carbocycles. The number of halogens is 1. The van der Waals surface area contributed by atoms with E-state index < -0.39 is 0 Å². The van der Waals surface area contributed by atoms with Gasteiger partial charge in [0.05, 0.1) is 0 Å². The Balaban J connectivity index is 2.35. The van der Waals surface area contributed by atoms with Gasteiger partial charge in [0.15, 0.2) is 0 Å². The van der Waals surface area contributed by atoms with Crippen LogP contribution in [0.3, 0.4) is 0 Å². The average Bonchev–Trinajstić information content (AvgIpc) is 2.38. The molecule has 1 heteroatoms. The van der Waals surface area contributed by atoms with Gasteiger partial charge in [-0.05, 0) is 29.7 Å². The predicted molar refractivity (Wildman–Crippen MR) is 74.6 cm³/mol. The highest BCUT2D eigenvalue weighted by Gasteiger charge is 2.11. The molecule has 0 aromatic heterocycles. The van der Waals surface area contributed by atoms with Crippen molar-refractivity contribution in [3.8, 4) is 0 Å². The van der Waals surface area contributed by atoms with Gasteiger partial charge >= 0.3 is 0 Å². The molecule has 0 radical (unpaired) electrons. The largest absolute Gasteiger partial charge is 0.103 e. The summed E-state index contributed by atoms with van der Waals surface area (Å²) >= 11 is 5.92. The lowest BCUT2D eigenvalue weighted by Gasteiger charge is -2.16. The molecule has 0 saturated heterocycles. The van der Waals surface area contributed by atoms with Crippen molar-refractivity contribution in [1.29, 1.82) is 0 Å². The zero-order valence-corrected chi connectivity index (χ0v) is 10.4. The lowest BCUT2D eigenvalue weighted by molar-refractivity contribution is 0.831. The SMILES string of the molecule is C=CCC(c1ccccc1)c1ccc(Cl)cc1. The summed E-state index contributed by atoms with van der Waals surface area (Å²) in [6, 6.07) is 18.5. The first-order valence-electron chi connectivity index (χ1n) is 5.72. The molecule has 86 valence electrons. The van der Waals surface area contributed by atoms with Gasteiger partial charge in [-0.1, -0.05) is 60.1 Å². The summed E-state index contributed by atoms with van der Waals surface area (Å²) in [5, 5.41) is 0.777. The summed E-state index contributed by atoms with van der Waals surface area (Å²) in [5.74, 6) is 0.367. The third-order valence-corrected chi connectivity index (χ3v) is 3.13. The molecule has 0 aliphatic rings. The minimum Gasteiger partial charge on any atom is -0.103 e. The molecule has 17 heavy (non-hydrogen) atoms. The maximum atomic E-state index is 5.92. The van der Waals surface area contributed by atoms with Crippen molar-refractivity contribution in [2.24, 2.45) is 0 Å². The van der Waals surface area contributed by atoms with Crippen LogP contribution >= 0.6 is 11.6 Å². The van der Waals surface area contributed by atoms with E-state index in [1.54, 1.807) is 0 Å². The quantitative estimate of drug-likeness (QED) is 0.659. The Bertz CT molecular complexity index is 471. The minimum absolute atomic E-state index is 0.367. The highest BCUT2D eigenvalue weighted by atomic mass is 35.5. The molecule has 0 aliphatic carbocycles. The fourth-order valence-electron chi connectivity index (χ4n) is 2.01. The molecule has 0 bridgehead atoms. The molecule has 0 nitrogen and oxygen atoms in total. The summed E-state index contributed by atoms with van der Waals surface area (Å²) in [6.45, 7) is 3.84. The lowest BCUT2D eigenvalue weighted by atomic mass is 9.89. The number of hydrogen-bond acceptors (Lipinski definition) is 0. The monoisotopic (exact) mass is 242 g/mol. The van der Waals surface area contributed by atoms with Gasteiger partial charge in [0.1, 0.15) is 0 Å². The van der Waals surface area contributed by atoms with Gasteiger partial charge in [0.2, 0.25) is 0 Å². The molecular formula is C16H15Cl. The van der Waals surface area contributed by atoms with Crippen molar-refractivity contribution >= 4 is 11.6 Å². The summed E-state index contributed by atoms with van der Waals surface area (Å²) in [4.78, 5) is 0. The van der Waals surface area contributed by atoms with Crippen LogP contribution in [0.15, 0.2) is 67.3 Å². The third-order valence-electron chi connectivity index (χ3n) is 2.88. The summed E-state index contributed by atoms with van der Waals surface area (Å²) in [6.07, 6.45) is 2.90. The van der Waals surface area contributed by atoms with Crippen LogP contribution in [0, 0.1) is 0 Å². The number of hydrogen-bond donors (Lipinski definition) is 0. The summed E-state index contributed by atoms with van der Waals surface area (Å²) in [5.41, 5.74) is 2.59. The highest BCUT2D eigenvalue weighted by molar-refractivity contribution is 6.30. The Kier molecular flexibility index (Phi) is 4.00. The van der Waals surface area contributed by atoms with Gasteiger partial charge in [-0.3, -0.25) is 0 Å². The van der Waals surface area contributed by atoms with Crippen LogP contribution in [0.5, 0.6) is 0 Å². The molecule has 0 fully saturated rings. The molecule has 2 rings (SSSR count). The Morgan fingerprint density at radius 2 is 1.53 bits per heavy atom. The van der Waals surface area contributed by atoms with Gasteiger partial charge < -0.3 is 0 Å². The molecule has 1 unspecified atom stereocenters. The van der Waals surface area contributed by atoms with Crippen molar-refractivity contribution in [2.75, 3.05) is 0 Å². The zero-order valence-electron chi connectivity index (χ0n) is 9.64. The van der Waals surface area contributed by atoms with Gasteiger partial charge in [-0.2, -0.15) is 0 Å². The summed E-state index contributed by atoms with van der Waals surface area (Å²) < 4.78 is 0. The van der Waals surface area contributed by atoms with Gasteiger partial charge in [-0.15, -0.1) is 6.58 Å². The van der Waals surface area contributed by atoms with Crippen molar-refractivity contribution in [1.82, 2.24) is 0 Å². The van der Waals surface area contributed by atoms with Crippen LogP contribution < -0.4 is 0 Å². The van der Waals surface area contributed by atoms with Gasteiger partial charge in [-0.25, -0.2) is 0 Å². The Labute approximate surface area is 108 Å². The molecular weight excluding hydrogens is 228 g/mol. The van der Waals surface area contributed by atoms with E-state index in [1.807, 2.05) is 24.3 Å². The van der Waals surface area contributed by atoms with Crippen molar-refractivity contribution < 1.29 is 0 Å². The van der Waals surface area contributed by atoms with E-state index in [0.29, 0.717) is 5.92 Å². The van der Waals surface area contributed by atoms with E-state index >= 15 is 0 Å². The molecule has 0 spiro atoms. The maximum Gasteiger partial charge on any atom is 0.0406 e. The fraction of sp³-hybridized carbons (Fsp3) is 0.125. The fourth-order valence-corrected chi connectivity index (χ4v) is 2.14. The normalized spacial score (nSPS) is 12.1. The van der Waals surface area contributed by atoms with Crippen LogP contribution in [0.4, 0.5) is 0 Å². The molecule has 0 aliphatic heterocycles. The second-order valence-corrected chi connectivity index (χ2v) is 4.48. The van der Waals surface area contributed by atoms with Crippen molar-refractivity contribution in [3.63, 3.8) is 0 Å². The molecule has 0 heterocycles. The van der Waals surface area contributed by atoms with E-state index in [1.165, 1.54) is 11.1 Å². The minimum atomic E-state index is 0.367. The molecule has 0 amide bonds. The smallest absolute Gasteiger partial charge is 0.0406 e. The van der Waals surface area contributed by atoms with Crippen LogP contribution in [-0.4, -0.2) is 0 Å². The second kappa shape index (κ2) is 5.70. The molecule has 1 atom stereocenters. The van der Waals surface area contributed by atoms with Gasteiger partial charge in [0, 0.05) is 10.9 Å². The van der Waals surface area contributed by atoms with E-state index in [0.717, 1.165) is 11.4 Å². The number of rotatable bonds is 4. The van der Waals surface area contributed by atoms with Crippen LogP contribution in [0.2, 0.25) is 5.02 Å². The predicted octanol–water partition coefficient (Wildman–Crippen LogP) is 5.05. The van der Waals surface area contributed by atoms with Crippen LogP contribution in [0.25, 0.3) is 0 Å². The summed E-state index contributed by atoms with van der Waals surface area (Å²) in [7, 11) is 0. The maximum absolute atomic E-state index is 5.92. The van der Waals surface area contributed by atoms with Crippen LogP contribution in [0.1, 0.15) is 23.5 Å². The highest BCUT2D eigenvalue weighted by Crippen LogP contribution is 2.28. The first-order chi connectivity index (χ1) is 8.31. The number of allylic oxidation sites excluding steroid dienone is 1. The standard InChI is InChI=1S/C16H15Cl/c1-2-6-16(13-7-4-3-5-8-13)14-9-11-15(17)12-10-14/h2-5,7-12,16H,1,6H2. The van der Waals surface area contributed by atoms with E-state index in [2.05, 4.69) is 43.0 Å². The first kappa shape index (κ1) is 11.9. The topological polar surface area (TPSA) is 0 Å². The third kappa shape index (κ3) is 2.98. The first-order valence-corrected chi connectivity index (χ1v) is 6.10.